The Kier molecular flexibility index (Phi) is 6.91. The molecule has 5 nitrogen and oxygen atoms in total. The SMILES string of the molecule is CCCC(C)(N)C(=O)N1CCN(c2ccc(Cl)cn2)CC1.Cl. The zero-order valence-electron chi connectivity index (χ0n) is 13.1. The van der Waals surface area contributed by atoms with Crippen molar-refractivity contribution in [2.45, 2.75) is 32.2 Å². The largest absolute Gasteiger partial charge is 0.353 e. The molecule has 1 atom stereocenters. The first-order valence-electron chi connectivity index (χ1n) is 7.39. The fourth-order valence-corrected chi connectivity index (χ4v) is 2.79. The van der Waals surface area contributed by atoms with Gasteiger partial charge in [-0.2, -0.15) is 0 Å². The Bertz CT molecular complexity index is 485. The number of carbonyl (C=O) groups excluding carboxylic acids is 1. The minimum atomic E-state index is -0.755. The highest BCUT2D eigenvalue weighted by molar-refractivity contribution is 6.30. The number of carbonyl (C=O) groups is 1. The van der Waals surface area contributed by atoms with Crippen molar-refractivity contribution in [3.63, 3.8) is 0 Å². The number of aromatic nitrogens is 1. The molecule has 1 fully saturated rings. The number of nitrogens with zero attached hydrogens (tertiary/aromatic N) is 3. The van der Waals surface area contributed by atoms with Crippen LogP contribution in [0.4, 0.5) is 5.82 Å². The van der Waals surface area contributed by atoms with Crippen LogP contribution in [-0.4, -0.2) is 47.5 Å². The highest BCUT2D eigenvalue weighted by atomic mass is 35.5. The molecule has 2 rings (SSSR count). The predicted octanol–water partition coefficient (Wildman–Crippen LogP) is 2.32. The number of hydrogen-bond acceptors (Lipinski definition) is 4. The lowest BCUT2D eigenvalue weighted by Gasteiger charge is -2.38. The van der Waals surface area contributed by atoms with Crippen molar-refractivity contribution >= 4 is 35.7 Å². The van der Waals surface area contributed by atoms with E-state index in [9.17, 15) is 4.79 Å². The van der Waals surface area contributed by atoms with Gasteiger partial charge in [-0.3, -0.25) is 4.79 Å². The Balaban J connectivity index is 0.00000242. The lowest BCUT2D eigenvalue weighted by atomic mass is 9.95. The third-order valence-electron chi connectivity index (χ3n) is 3.86. The van der Waals surface area contributed by atoms with Gasteiger partial charge in [0.2, 0.25) is 5.91 Å². The molecule has 22 heavy (non-hydrogen) atoms. The maximum atomic E-state index is 12.4. The molecule has 0 radical (unpaired) electrons. The number of nitrogens with two attached hydrogens (primary N) is 1. The van der Waals surface area contributed by atoms with Crippen LogP contribution in [0.3, 0.4) is 0 Å². The van der Waals surface area contributed by atoms with Gasteiger partial charge in [-0.1, -0.05) is 24.9 Å². The average molecular weight is 347 g/mol. The number of piperazine rings is 1. The third-order valence-corrected chi connectivity index (χ3v) is 4.08. The van der Waals surface area contributed by atoms with Crippen molar-refractivity contribution in [3.05, 3.63) is 23.4 Å². The lowest BCUT2D eigenvalue weighted by molar-refractivity contribution is -0.137. The smallest absolute Gasteiger partial charge is 0.242 e. The summed E-state index contributed by atoms with van der Waals surface area (Å²) >= 11 is 5.85. The topological polar surface area (TPSA) is 62.5 Å². The van der Waals surface area contributed by atoms with E-state index in [2.05, 4.69) is 9.88 Å². The van der Waals surface area contributed by atoms with Crippen molar-refractivity contribution in [2.75, 3.05) is 31.1 Å². The van der Waals surface area contributed by atoms with Crippen molar-refractivity contribution < 1.29 is 4.79 Å². The summed E-state index contributed by atoms with van der Waals surface area (Å²) < 4.78 is 0. The lowest BCUT2D eigenvalue weighted by Crippen LogP contribution is -2.58. The van der Waals surface area contributed by atoms with Gasteiger partial charge in [-0.05, 0) is 25.5 Å². The predicted molar refractivity (Wildman–Crippen MR) is 92.8 cm³/mol. The van der Waals surface area contributed by atoms with E-state index in [0.29, 0.717) is 24.5 Å². The second-order valence-corrected chi connectivity index (χ2v) is 6.22. The number of hydrogen-bond donors (Lipinski definition) is 1. The van der Waals surface area contributed by atoms with Crippen LogP contribution in [0.15, 0.2) is 18.3 Å². The normalized spacial score (nSPS) is 17.6. The molecule has 1 aromatic rings. The first kappa shape index (κ1) is 19.0. The summed E-state index contributed by atoms with van der Waals surface area (Å²) in [5.74, 6) is 0.948. The van der Waals surface area contributed by atoms with E-state index >= 15 is 0 Å². The summed E-state index contributed by atoms with van der Waals surface area (Å²) in [7, 11) is 0. The van der Waals surface area contributed by atoms with E-state index in [0.717, 1.165) is 25.3 Å². The van der Waals surface area contributed by atoms with Crippen LogP contribution in [0.1, 0.15) is 26.7 Å². The monoisotopic (exact) mass is 346 g/mol. The summed E-state index contributed by atoms with van der Waals surface area (Å²) in [4.78, 5) is 20.8. The van der Waals surface area contributed by atoms with Crippen LogP contribution in [0.5, 0.6) is 0 Å². The summed E-state index contributed by atoms with van der Waals surface area (Å²) in [5.41, 5.74) is 5.38. The molecule has 1 saturated heterocycles. The summed E-state index contributed by atoms with van der Waals surface area (Å²) in [6, 6.07) is 3.74. The average Bonchev–Trinajstić information content (AvgIpc) is 2.47. The molecule has 1 aromatic heterocycles. The van der Waals surface area contributed by atoms with Crippen molar-refractivity contribution in [3.8, 4) is 0 Å². The van der Waals surface area contributed by atoms with Gasteiger partial charge in [0.1, 0.15) is 5.82 Å². The van der Waals surface area contributed by atoms with Gasteiger partial charge in [0, 0.05) is 32.4 Å². The quantitative estimate of drug-likeness (QED) is 0.908. The molecule has 0 aromatic carbocycles. The van der Waals surface area contributed by atoms with E-state index in [-0.39, 0.29) is 18.3 Å². The van der Waals surface area contributed by atoms with Crippen LogP contribution in [0.25, 0.3) is 0 Å². The van der Waals surface area contributed by atoms with Crippen LogP contribution in [-0.2, 0) is 4.79 Å². The summed E-state index contributed by atoms with van der Waals surface area (Å²) in [5, 5.41) is 0.631. The second kappa shape index (κ2) is 7.99. The van der Waals surface area contributed by atoms with E-state index in [1.807, 2.05) is 30.9 Å². The molecule has 1 amide bonds. The van der Waals surface area contributed by atoms with Crippen LogP contribution in [0, 0.1) is 0 Å². The first-order chi connectivity index (χ1) is 9.94. The fourth-order valence-electron chi connectivity index (χ4n) is 2.68. The van der Waals surface area contributed by atoms with Crippen molar-refractivity contribution in [1.82, 2.24) is 9.88 Å². The molecule has 7 heteroatoms. The molecule has 1 unspecified atom stereocenters. The fraction of sp³-hybridized carbons (Fsp3) is 0.600. The Hall–Kier alpha value is -1.04. The molecule has 0 spiro atoms. The van der Waals surface area contributed by atoms with E-state index < -0.39 is 5.54 Å². The van der Waals surface area contributed by atoms with Crippen LogP contribution >= 0.6 is 24.0 Å². The maximum absolute atomic E-state index is 12.4. The number of amides is 1. The highest BCUT2D eigenvalue weighted by Gasteiger charge is 2.33. The molecule has 1 aliphatic rings. The van der Waals surface area contributed by atoms with Crippen molar-refractivity contribution in [2.24, 2.45) is 5.73 Å². The molecule has 2 heterocycles. The maximum Gasteiger partial charge on any atom is 0.242 e. The Labute approximate surface area is 143 Å². The summed E-state index contributed by atoms with van der Waals surface area (Å²) in [6.07, 6.45) is 3.27. The van der Waals surface area contributed by atoms with Crippen LogP contribution < -0.4 is 10.6 Å². The van der Waals surface area contributed by atoms with Gasteiger partial charge in [-0.15, -0.1) is 12.4 Å². The molecular weight excluding hydrogens is 323 g/mol. The van der Waals surface area contributed by atoms with Gasteiger partial charge in [-0.25, -0.2) is 4.98 Å². The molecule has 2 N–H and O–H groups in total. The molecule has 1 aliphatic heterocycles. The number of anilines is 1. The van der Waals surface area contributed by atoms with Gasteiger partial charge in [0.15, 0.2) is 0 Å². The standard InChI is InChI=1S/C15H23ClN4O.ClH/c1-3-6-15(2,17)14(21)20-9-7-19(8-10-20)13-5-4-12(16)11-18-13;/h4-5,11H,3,6-10,17H2,1-2H3;1H. The minimum Gasteiger partial charge on any atom is -0.353 e. The third kappa shape index (κ3) is 4.48. The molecule has 124 valence electrons. The highest BCUT2D eigenvalue weighted by Crippen LogP contribution is 2.18. The van der Waals surface area contributed by atoms with E-state index in [4.69, 9.17) is 17.3 Å². The van der Waals surface area contributed by atoms with E-state index in [1.54, 1.807) is 6.20 Å². The minimum absolute atomic E-state index is 0. The van der Waals surface area contributed by atoms with Gasteiger partial charge in [0.25, 0.3) is 0 Å². The molecular formula is C15H24Cl2N4O. The zero-order valence-corrected chi connectivity index (χ0v) is 14.7. The van der Waals surface area contributed by atoms with Crippen LogP contribution in [0.2, 0.25) is 5.02 Å². The second-order valence-electron chi connectivity index (χ2n) is 5.78. The number of halogens is 2. The number of pyridine rings is 1. The Morgan fingerprint density at radius 1 is 1.36 bits per heavy atom. The van der Waals surface area contributed by atoms with Crippen molar-refractivity contribution in [1.29, 1.82) is 0 Å². The van der Waals surface area contributed by atoms with E-state index in [1.165, 1.54) is 0 Å². The summed E-state index contributed by atoms with van der Waals surface area (Å²) in [6.45, 7) is 6.76. The Morgan fingerprint density at radius 2 is 2.00 bits per heavy atom. The molecule has 0 saturated carbocycles. The molecule has 0 aliphatic carbocycles. The Morgan fingerprint density at radius 3 is 2.50 bits per heavy atom. The zero-order chi connectivity index (χ0) is 15.5. The molecule has 0 bridgehead atoms. The number of rotatable bonds is 4. The van der Waals surface area contributed by atoms with Gasteiger partial charge >= 0.3 is 0 Å². The first-order valence-corrected chi connectivity index (χ1v) is 7.76. The van der Waals surface area contributed by atoms with Gasteiger partial charge < -0.3 is 15.5 Å². The van der Waals surface area contributed by atoms with Gasteiger partial charge in [0.05, 0.1) is 10.6 Å².